The van der Waals surface area contributed by atoms with Gasteiger partial charge in [0.2, 0.25) is 0 Å². The summed E-state index contributed by atoms with van der Waals surface area (Å²) in [6, 6.07) is 5.02. The average molecular weight is 397 g/mol. The number of carbonyl (C=O) groups excluding carboxylic acids is 2. The molecule has 2 aromatic heterocycles. The van der Waals surface area contributed by atoms with Gasteiger partial charge in [0.15, 0.2) is 11.4 Å². The minimum atomic E-state index is -1.75. The maximum Gasteiger partial charge on any atom is 0.272 e. The summed E-state index contributed by atoms with van der Waals surface area (Å²) in [6.07, 6.45) is 4.54. The molecule has 0 radical (unpaired) electrons. The number of aliphatic hydroxyl groups is 1. The third kappa shape index (κ3) is 3.46. The van der Waals surface area contributed by atoms with Gasteiger partial charge in [-0.2, -0.15) is 5.10 Å². The van der Waals surface area contributed by atoms with Gasteiger partial charge >= 0.3 is 0 Å². The second kappa shape index (κ2) is 7.28. The number of likely N-dealkylation sites (tertiary alicyclic amines) is 1. The van der Waals surface area contributed by atoms with E-state index in [-0.39, 0.29) is 12.3 Å². The molecule has 2 amide bonds. The molecule has 0 spiro atoms. The van der Waals surface area contributed by atoms with Gasteiger partial charge in [0.05, 0.1) is 0 Å². The lowest BCUT2D eigenvalue weighted by Crippen LogP contribution is -2.41. The normalized spacial score (nSPS) is 21.7. The number of pyridine rings is 1. The quantitative estimate of drug-likeness (QED) is 0.644. The molecular formula is C19H23N7O3. The predicted molar refractivity (Wildman–Crippen MR) is 107 cm³/mol. The average Bonchev–Trinajstić information content (AvgIpc) is 3.43. The van der Waals surface area contributed by atoms with E-state index in [1.54, 1.807) is 36.1 Å². The highest BCUT2D eigenvalue weighted by Gasteiger charge is 2.44. The number of amides is 2. The van der Waals surface area contributed by atoms with Gasteiger partial charge in [-0.15, -0.1) is 0 Å². The van der Waals surface area contributed by atoms with Crippen LogP contribution in [0.2, 0.25) is 0 Å². The van der Waals surface area contributed by atoms with Crippen LogP contribution in [0.25, 0.3) is 0 Å². The van der Waals surface area contributed by atoms with Gasteiger partial charge in [-0.05, 0) is 18.9 Å². The molecule has 4 rings (SSSR count). The SMILES string of the molecule is Cn1nc(Nc2cc(N3CC[C@](O)(C=N)C3=O)ccn2)cc1C(=O)N1CCCC1. The van der Waals surface area contributed by atoms with Crippen molar-refractivity contribution in [2.75, 3.05) is 29.9 Å². The zero-order chi connectivity index (χ0) is 20.6. The van der Waals surface area contributed by atoms with Crippen LogP contribution in [0.1, 0.15) is 29.8 Å². The summed E-state index contributed by atoms with van der Waals surface area (Å²) < 4.78 is 1.54. The summed E-state index contributed by atoms with van der Waals surface area (Å²) in [4.78, 5) is 32.5. The number of hydrogen-bond donors (Lipinski definition) is 3. The number of aromatic nitrogens is 3. The molecule has 29 heavy (non-hydrogen) atoms. The molecule has 0 saturated carbocycles. The lowest BCUT2D eigenvalue weighted by atomic mass is 10.1. The molecule has 2 fully saturated rings. The van der Waals surface area contributed by atoms with Crippen LogP contribution in [0.4, 0.5) is 17.3 Å². The van der Waals surface area contributed by atoms with E-state index in [9.17, 15) is 14.7 Å². The summed E-state index contributed by atoms with van der Waals surface area (Å²) in [5.41, 5.74) is -0.686. The van der Waals surface area contributed by atoms with E-state index < -0.39 is 11.5 Å². The van der Waals surface area contributed by atoms with E-state index in [1.807, 2.05) is 4.90 Å². The summed E-state index contributed by atoms with van der Waals surface area (Å²) in [6.45, 7) is 1.84. The first kappa shape index (κ1) is 19.1. The molecule has 10 nitrogen and oxygen atoms in total. The van der Waals surface area contributed by atoms with Crippen LogP contribution >= 0.6 is 0 Å². The largest absolute Gasteiger partial charge is 0.375 e. The highest BCUT2D eigenvalue weighted by Crippen LogP contribution is 2.29. The first-order chi connectivity index (χ1) is 13.9. The minimum Gasteiger partial charge on any atom is -0.375 e. The Labute approximate surface area is 167 Å². The zero-order valence-electron chi connectivity index (χ0n) is 16.1. The van der Waals surface area contributed by atoms with Crippen LogP contribution in [0, 0.1) is 5.41 Å². The first-order valence-electron chi connectivity index (χ1n) is 9.54. The third-order valence-electron chi connectivity index (χ3n) is 5.37. The van der Waals surface area contributed by atoms with Crippen molar-refractivity contribution in [2.45, 2.75) is 24.9 Å². The number of nitrogens with one attached hydrogen (secondary N) is 2. The number of hydrogen-bond acceptors (Lipinski definition) is 7. The van der Waals surface area contributed by atoms with Crippen LogP contribution in [0.5, 0.6) is 0 Å². The molecule has 10 heteroatoms. The fourth-order valence-electron chi connectivity index (χ4n) is 3.70. The molecule has 0 aliphatic carbocycles. The Morgan fingerprint density at radius 2 is 2.03 bits per heavy atom. The van der Waals surface area contributed by atoms with Crippen LogP contribution in [0.15, 0.2) is 24.4 Å². The molecule has 4 heterocycles. The van der Waals surface area contributed by atoms with E-state index in [4.69, 9.17) is 5.41 Å². The van der Waals surface area contributed by atoms with Crippen molar-refractivity contribution in [3.63, 3.8) is 0 Å². The molecule has 0 unspecified atom stereocenters. The van der Waals surface area contributed by atoms with Crippen molar-refractivity contribution in [1.82, 2.24) is 19.7 Å². The second-order valence-electron chi connectivity index (χ2n) is 7.34. The number of carbonyl (C=O) groups is 2. The molecule has 1 atom stereocenters. The maximum atomic E-state index is 12.6. The smallest absolute Gasteiger partial charge is 0.272 e. The Morgan fingerprint density at radius 1 is 1.28 bits per heavy atom. The zero-order valence-corrected chi connectivity index (χ0v) is 16.1. The van der Waals surface area contributed by atoms with E-state index >= 15 is 0 Å². The summed E-state index contributed by atoms with van der Waals surface area (Å²) in [5.74, 6) is 0.365. The summed E-state index contributed by atoms with van der Waals surface area (Å²) >= 11 is 0. The van der Waals surface area contributed by atoms with Gasteiger partial charge in [-0.3, -0.25) is 14.3 Å². The predicted octanol–water partition coefficient (Wildman–Crippen LogP) is 0.912. The van der Waals surface area contributed by atoms with Gasteiger partial charge < -0.3 is 25.6 Å². The number of aryl methyl sites for hydroxylation is 1. The molecule has 0 bridgehead atoms. The van der Waals surface area contributed by atoms with Gasteiger partial charge in [0, 0.05) is 63.3 Å². The van der Waals surface area contributed by atoms with Crippen molar-refractivity contribution in [3.8, 4) is 0 Å². The molecule has 2 saturated heterocycles. The van der Waals surface area contributed by atoms with Gasteiger partial charge in [-0.1, -0.05) is 0 Å². The van der Waals surface area contributed by atoms with Crippen molar-refractivity contribution < 1.29 is 14.7 Å². The number of nitrogens with zero attached hydrogens (tertiary/aromatic N) is 5. The van der Waals surface area contributed by atoms with Gasteiger partial charge in [0.1, 0.15) is 11.5 Å². The topological polar surface area (TPSA) is 127 Å². The van der Waals surface area contributed by atoms with Gasteiger partial charge in [0.25, 0.3) is 11.8 Å². The van der Waals surface area contributed by atoms with Crippen molar-refractivity contribution in [1.29, 1.82) is 5.41 Å². The minimum absolute atomic E-state index is 0.0409. The van der Waals surface area contributed by atoms with Crippen LogP contribution in [-0.4, -0.2) is 68.0 Å². The molecule has 0 aromatic carbocycles. The molecule has 2 aliphatic heterocycles. The number of rotatable bonds is 5. The second-order valence-corrected chi connectivity index (χ2v) is 7.34. The Kier molecular flexibility index (Phi) is 4.79. The molecule has 2 aliphatic rings. The lowest BCUT2D eigenvalue weighted by Gasteiger charge is -2.19. The summed E-state index contributed by atoms with van der Waals surface area (Å²) in [5, 5.41) is 24.9. The fraction of sp³-hybridized carbons (Fsp3) is 0.421. The van der Waals surface area contributed by atoms with Crippen LogP contribution in [0.3, 0.4) is 0 Å². The van der Waals surface area contributed by atoms with Gasteiger partial charge in [-0.25, -0.2) is 4.98 Å². The van der Waals surface area contributed by atoms with E-state index in [2.05, 4.69) is 15.4 Å². The van der Waals surface area contributed by atoms with E-state index in [1.165, 1.54) is 4.90 Å². The highest BCUT2D eigenvalue weighted by molar-refractivity contribution is 6.11. The Balaban J connectivity index is 1.52. The van der Waals surface area contributed by atoms with Crippen molar-refractivity contribution in [3.05, 3.63) is 30.1 Å². The Bertz CT molecular complexity index is 966. The Morgan fingerprint density at radius 3 is 2.72 bits per heavy atom. The summed E-state index contributed by atoms with van der Waals surface area (Å²) in [7, 11) is 1.72. The standard InChI is InChI=1S/C19H23N7O3/c1-24-14(17(27)25-7-2-3-8-25)11-16(23-24)22-15-10-13(4-6-21-15)26-9-5-19(29,12-20)18(26)28/h4,6,10-12,20,29H,2-3,5,7-9H2,1H3,(H,21,22,23)/t19-/m0/s1. The number of anilines is 3. The Hall–Kier alpha value is -3.27. The molecule has 3 N–H and O–H groups in total. The van der Waals surface area contributed by atoms with Crippen molar-refractivity contribution >= 4 is 35.4 Å². The third-order valence-corrected chi connectivity index (χ3v) is 5.37. The highest BCUT2D eigenvalue weighted by atomic mass is 16.3. The maximum absolute atomic E-state index is 12.6. The van der Waals surface area contributed by atoms with E-state index in [0.717, 1.165) is 32.1 Å². The molecule has 152 valence electrons. The first-order valence-corrected chi connectivity index (χ1v) is 9.54. The monoisotopic (exact) mass is 397 g/mol. The van der Waals surface area contributed by atoms with Crippen molar-refractivity contribution in [2.24, 2.45) is 7.05 Å². The van der Waals surface area contributed by atoms with Crippen LogP contribution in [-0.2, 0) is 11.8 Å². The fourth-order valence-corrected chi connectivity index (χ4v) is 3.70. The molecular weight excluding hydrogens is 374 g/mol. The van der Waals surface area contributed by atoms with E-state index in [0.29, 0.717) is 29.6 Å². The lowest BCUT2D eigenvalue weighted by molar-refractivity contribution is -0.127. The molecule has 2 aromatic rings. The van der Waals surface area contributed by atoms with Crippen LogP contribution < -0.4 is 10.2 Å².